The maximum atomic E-state index is 12.6. The number of aromatic nitrogens is 2. The summed E-state index contributed by atoms with van der Waals surface area (Å²) in [6.07, 6.45) is 2.21. The topological polar surface area (TPSA) is 73.3 Å². The fraction of sp³-hybridized carbons (Fsp3) is 0.190. The molecule has 27 heavy (non-hydrogen) atoms. The molecule has 1 N–H and O–H groups in total. The lowest BCUT2D eigenvalue weighted by molar-refractivity contribution is 0.102. The van der Waals surface area contributed by atoms with E-state index in [4.69, 9.17) is 9.47 Å². The van der Waals surface area contributed by atoms with Crippen LogP contribution in [0.1, 0.15) is 27.4 Å². The first-order valence-electron chi connectivity index (χ1n) is 8.76. The molecular weight excluding hydrogens is 342 g/mol. The highest BCUT2D eigenvalue weighted by atomic mass is 16.6. The van der Waals surface area contributed by atoms with Crippen LogP contribution in [0, 0.1) is 6.92 Å². The number of ether oxygens (including phenoxy) is 2. The Morgan fingerprint density at radius 2 is 1.85 bits per heavy atom. The molecule has 0 bridgehead atoms. The molecule has 0 spiro atoms. The normalized spacial score (nSPS) is 12.5. The highest BCUT2D eigenvalue weighted by molar-refractivity contribution is 6.04. The molecule has 2 aromatic carbocycles. The molecule has 1 aliphatic rings. The molecule has 0 atom stereocenters. The van der Waals surface area contributed by atoms with Crippen LogP contribution in [-0.2, 0) is 6.42 Å². The van der Waals surface area contributed by atoms with E-state index in [0.717, 1.165) is 5.56 Å². The van der Waals surface area contributed by atoms with E-state index in [0.29, 0.717) is 53.9 Å². The maximum Gasteiger partial charge on any atom is 0.259 e. The van der Waals surface area contributed by atoms with Crippen molar-refractivity contribution in [3.63, 3.8) is 0 Å². The van der Waals surface area contributed by atoms with Gasteiger partial charge in [-0.05, 0) is 24.6 Å². The van der Waals surface area contributed by atoms with Gasteiger partial charge < -0.3 is 14.8 Å². The first-order valence-corrected chi connectivity index (χ1v) is 8.76. The number of benzene rings is 2. The van der Waals surface area contributed by atoms with Gasteiger partial charge in [0.1, 0.15) is 19.0 Å². The van der Waals surface area contributed by atoms with Crippen molar-refractivity contribution in [2.75, 3.05) is 18.5 Å². The zero-order valence-corrected chi connectivity index (χ0v) is 14.9. The zero-order chi connectivity index (χ0) is 18.6. The minimum absolute atomic E-state index is 0.254. The summed E-state index contributed by atoms with van der Waals surface area (Å²) in [5, 5.41) is 2.86. The molecule has 1 aromatic heterocycles. The van der Waals surface area contributed by atoms with E-state index >= 15 is 0 Å². The van der Waals surface area contributed by atoms with Crippen molar-refractivity contribution in [2.24, 2.45) is 0 Å². The molecule has 136 valence electrons. The number of fused-ring (bicyclic) bond motifs is 1. The van der Waals surface area contributed by atoms with Crippen LogP contribution in [0.3, 0.4) is 0 Å². The second-order valence-corrected chi connectivity index (χ2v) is 6.26. The van der Waals surface area contributed by atoms with Gasteiger partial charge in [-0.15, -0.1) is 0 Å². The highest BCUT2D eigenvalue weighted by Gasteiger charge is 2.15. The van der Waals surface area contributed by atoms with Crippen molar-refractivity contribution in [2.45, 2.75) is 13.3 Å². The third kappa shape index (κ3) is 3.89. The Morgan fingerprint density at radius 3 is 2.63 bits per heavy atom. The van der Waals surface area contributed by atoms with E-state index in [1.54, 1.807) is 24.4 Å². The van der Waals surface area contributed by atoms with Crippen molar-refractivity contribution in [1.82, 2.24) is 9.97 Å². The second kappa shape index (κ2) is 7.45. The molecule has 0 aliphatic carbocycles. The standard InChI is InChI=1S/C21H19N3O3/c1-14-17(13-22-20(23-14)11-15-5-3-2-4-6-15)21(25)24-16-7-8-18-19(12-16)27-10-9-26-18/h2-8,12-13H,9-11H2,1H3,(H,24,25). The molecule has 0 radical (unpaired) electrons. The van der Waals surface area contributed by atoms with Crippen molar-refractivity contribution in [3.8, 4) is 11.5 Å². The number of aryl methyl sites for hydroxylation is 1. The molecule has 1 amide bonds. The van der Waals surface area contributed by atoms with Crippen LogP contribution in [0.15, 0.2) is 54.7 Å². The largest absolute Gasteiger partial charge is 0.486 e. The summed E-state index contributed by atoms with van der Waals surface area (Å²) in [6, 6.07) is 15.3. The minimum Gasteiger partial charge on any atom is -0.486 e. The fourth-order valence-corrected chi connectivity index (χ4v) is 2.92. The number of hydrogen-bond donors (Lipinski definition) is 1. The molecule has 6 heteroatoms. The monoisotopic (exact) mass is 361 g/mol. The predicted octanol–water partition coefficient (Wildman–Crippen LogP) is 3.40. The van der Waals surface area contributed by atoms with E-state index < -0.39 is 0 Å². The summed E-state index contributed by atoms with van der Waals surface area (Å²) in [4.78, 5) is 21.4. The van der Waals surface area contributed by atoms with E-state index in [1.165, 1.54) is 0 Å². The average molecular weight is 361 g/mol. The fourth-order valence-electron chi connectivity index (χ4n) is 2.92. The third-order valence-corrected chi connectivity index (χ3v) is 4.28. The van der Waals surface area contributed by atoms with Crippen LogP contribution in [0.25, 0.3) is 0 Å². The molecule has 1 aliphatic heterocycles. The number of rotatable bonds is 4. The summed E-state index contributed by atoms with van der Waals surface area (Å²) in [5.74, 6) is 1.75. The molecule has 0 unspecified atom stereocenters. The Kier molecular flexibility index (Phi) is 4.70. The second-order valence-electron chi connectivity index (χ2n) is 6.26. The molecular formula is C21H19N3O3. The van der Waals surface area contributed by atoms with Gasteiger partial charge in [-0.25, -0.2) is 9.97 Å². The van der Waals surface area contributed by atoms with Gasteiger partial charge in [0.2, 0.25) is 0 Å². The number of amides is 1. The summed E-state index contributed by atoms with van der Waals surface area (Å²) in [5.41, 5.74) is 2.86. The molecule has 3 aromatic rings. The lowest BCUT2D eigenvalue weighted by atomic mass is 10.1. The van der Waals surface area contributed by atoms with Crippen LogP contribution in [0.5, 0.6) is 11.5 Å². The van der Waals surface area contributed by atoms with Crippen molar-refractivity contribution in [3.05, 3.63) is 77.4 Å². The van der Waals surface area contributed by atoms with Crippen LogP contribution >= 0.6 is 0 Å². The van der Waals surface area contributed by atoms with Crippen molar-refractivity contribution in [1.29, 1.82) is 0 Å². The van der Waals surface area contributed by atoms with Gasteiger partial charge in [0.15, 0.2) is 11.5 Å². The highest BCUT2D eigenvalue weighted by Crippen LogP contribution is 2.32. The van der Waals surface area contributed by atoms with Gasteiger partial charge in [0.05, 0.1) is 11.3 Å². The Balaban J connectivity index is 1.48. The van der Waals surface area contributed by atoms with Crippen molar-refractivity contribution >= 4 is 11.6 Å². The molecule has 0 fully saturated rings. The maximum absolute atomic E-state index is 12.6. The average Bonchev–Trinajstić information content (AvgIpc) is 2.69. The van der Waals surface area contributed by atoms with E-state index in [-0.39, 0.29) is 5.91 Å². The van der Waals surface area contributed by atoms with Crippen LogP contribution < -0.4 is 14.8 Å². The first kappa shape index (κ1) is 17.0. The molecule has 4 rings (SSSR count). The van der Waals surface area contributed by atoms with E-state index in [9.17, 15) is 4.79 Å². The van der Waals surface area contributed by atoms with Crippen LogP contribution in [0.4, 0.5) is 5.69 Å². The Labute approximate surface area is 157 Å². The van der Waals surface area contributed by atoms with E-state index in [1.807, 2.05) is 37.3 Å². The summed E-state index contributed by atoms with van der Waals surface area (Å²) in [7, 11) is 0. The number of hydrogen-bond acceptors (Lipinski definition) is 5. The molecule has 0 saturated heterocycles. The Morgan fingerprint density at radius 1 is 1.07 bits per heavy atom. The van der Waals surface area contributed by atoms with Crippen LogP contribution in [0.2, 0.25) is 0 Å². The lowest BCUT2D eigenvalue weighted by Crippen LogP contribution is -2.17. The number of nitrogens with zero attached hydrogens (tertiary/aromatic N) is 2. The number of carbonyl (C=O) groups excluding carboxylic acids is 1. The number of nitrogens with one attached hydrogen (secondary N) is 1. The van der Waals surface area contributed by atoms with Gasteiger partial charge in [-0.1, -0.05) is 30.3 Å². The number of anilines is 1. The molecule has 0 saturated carbocycles. The van der Waals surface area contributed by atoms with Gasteiger partial charge in [-0.3, -0.25) is 4.79 Å². The first-order chi connectivity index (χ1) is 13.2. The smallest absolute Gasteiger partial charge is 0.259 e. The van der Waals surface area contributed by atoms with E-state index in [2.05, 4.69) is 15.3 Å². The van der Waals surface area contributed by atoms with Gasteiger partial charge in [-0.2, -0.15) is 0 Å². The summed E-state index contributed by atoms with van der Waals surface area (Å²) < 4.78 is 11.0. The minimum atomic E-state index is -0.254. The van der Waals surface area contributed by atoms with Gasteiger partial charge in [0.25, 0.3) is 5.91 Å². The molecule has 6 nitrogen and oxygen atoms in total. The predicted molar refractivity (Wildman–Crippen MR) is 101 cm³/mol. The molecule has 2 heterocycles. The zero-order valence-electron chi connectivity index (χ0n) is 14.9. The summed E-state index contributed by atoms with van der Waals surface area (Å²) >= 11 is 0. The van der Waals surface area contributed by atoms with Gasteiger partial charge >= 0.3 is 0 Å². The van der Waals surface area contributed by atoms with Crippen LogP contribution in [-0.4, -0.2) is 29.1 Å². The van der Waals surface area contributed by atoms with Crippen molar-refractivity contribution < 1.29 is 14.3 Å². The third-order valence-electron chi connectivity index (χ3n) is 4.28. The Bertz CT molecular complexity index is 974. The van der Waals surface area contributed by atoms with Gasteiger partial charge in [0, 0.05) is 24.4 Å². The SMILES string of the molecule is Cc1nc(Cc2ccccc2)ncc1C(=O)Nc1ccc2c(c1)OCCO2. The number of carbonyl (C=O) groups is 1. The Hall–Kier alpha value is -3.41. The quantitative estimate of drug-likeness (QED) is 0.771. The summed E-state index contributed by atoms with van der Waals surface area (Å²) in [6.45, 7) is 2.85. The lowest BCUT2D eigenvalue weighted by Gasteiger charge is -2.19.